The molecule has 0 spiro atoms. The van der Waals surface area contributed by atoms with E-state index in [1.807, 2.05) is 13.8 Å². The van der Waals surface area contributed by atoms with Crippen LogP contribution in [-0.2, 0) is 7.05 Å². The molecule has 0 aliphatic heterocycles. The molecule has 0 saturated heterocycles. The average molecular weight is 158 g/mol. The summed E-state index contributed by atoms with van der Waals surface area (Å²) < 4.78 is 5.60. The molecule has 0 amide bonds. The van der Waals surface area contributed by atoms with Crippen molar-refractivity contribution in [2.45, 2.75) is 19.8 Å². The largest absolute Gasteiger partial charge is 0.325 e. The van der Waals surface area contributed by atoms with Crippen LogP contribution in [0.2, 0.25) is 0 Å². The van der Waals surface area contributed by atoms with Crippen LogP contribution in [0.3, 0.4) is 0 Å². The Morgan fingerprint density at radius 1 is 1.60 bits per heavy atom. The lowest BCUT2D eigenvalue weighted by atomic mass is 10.2. The van der Waals surface area contributed by atoms with Gasteiger partial charge in [0, 0.05) is 24.5 Å². The lowest BCUT2D eigenvalue weighted by Gasteiger charge is -2.00. The van der Waals surface area contributed by atoms with Crippen molar-refractivity contribution < 1.29 is 0 Å². The lowest BCUT2D eigenvalue weighted by Crippen LogP contribution is -2.11. The minimum Gasteiger partial charge on any atom is -0.289 e. The summed E-state index contributed by atoms with van der Waals surface area (Å²) in [6, 6.07) is 0. The van der Waals surface area contributed by atoms with Crippen molar-refractivity contribution in [3.8, 4) is 0 Å². The molecule has 0 aromatic carbocycles. The monoisotopic (exact) mass is 158 g/mol. The summed E-state index contributed by atoms with van der Waals surface area (Å²) in [4.78, 5) is 10.9. The molecule has 0 N–H and O–H groups in total. The minimum absolute atomic E-state index is 0.0173. The van der Waals surface area contributed by atoms with Crippen molar-refractivity contribution >= 4 is 11.5 Å². The third kappa shape index (κ3) is 1.11. The molecule has 0 bridgehead atoms. The Morgan fingerprint density at radius 3 is 2.40 bits per heavy atom. The molecule has 1 aromatic rings. The van der Waals surface area contributed by atoms with Crippen molar-refractivity contribution in [2.24, 2.45) is 7.05 Å². The van der Waals surface area contributed by atoms with Gasteiger partial charge in [0.05, 0.1) is 0 Å². The highest BCUT2D eigenvalue weighted by atomic mass is 32.1. The molecule has 0 radical (unpaired) electrons. The summed E-state index contributed by atoms with van der Waals surface area (Å²) >= 11 is 1.02. The maximum Gasteiger partial charge on any atom is 0.325 e. The van der Waals surface area contributed by atoms with Crippen LogP contribution in [0, 0.1) is 0 Å². The van der Waals surface area contributed by atoms with Crippen molar-refractivity contribution in [1.29, 1.82) is 0 Å². The second kappa shape index (κ2) is 2.54. The molecule has 3 nitrogen and oxygen atoms in total. The molecule has 0 fully saturated rings. The van der Waals surface area contributed by atoms with E-state index >= 15 is 0 Å². The zero-order valence-corrected chi connectivity index (χ0v) is 7.10. The molecule has 0 unspecified atom stereocenters. The van der Waals surface area contributed by atoms with Gasteiger partial charge in [0.2, 0.25) is 0 Å². The fourth-order valence-corrected chi connectivity index (χ4v) is 1.52. The normalized spacial score (nSPS) is 10.8. The Hall–Kier alpha value is -0.640. The van der Waals surface area contributed by atoms with Crippen molar-refractivity contribution in [2.75, 3.05) is 0 Å². The maximum absolute atomic E-state index is 10.9. The molecule has 56 valence electrons. The highest BCUT2D eigenvalue weighted by molar-refractivity contribution is 7.02. The molecule has 0 atom stereocenters. The molecule has 0 aliphatic rings. The number of aromatic nitrogens is 2. The van der Waals surface area contributed by atoms with Crippen molar-refractivity contribution in [1.82, 2.24) is 8.94 Å². The van der Waals surface area contributed by atoms with E-state index in [0.29, 0.717) is 5.92 Å². The quantitative estimate of drug-likeness (QED) is 0.610. The van der Waals surface area contributed by atoms with E-state index in [4.69, 9.17) is 0 Å². The Balaban J connectivity index is 3.18. The van der Waals surface area contributed by atoms with Gasteiger partial charge in [-0.2, -0.15) is 4.37 Å². The Morgan fingerprint density at radius 2 is 2.20 bits per heavy atom. The second-order valence-electron chi connectivity index (χ2n) is 2.52. The highest BCUT2D eigenvalue weighted by Gasteiger charge is 2.07. The zero-order chi connectivity index (χ0) is 7.72. The molecule has 10 heavy (non-hydrogen) atoms. The second-order valence-corrected chi connectivity index (χ2v) is 3.23. The SMILES string of the molecule is CC(C)c1nsc(=O)n1C. The standard InChI is InChI=1S/C6H10N2OS/c1-4(2)5-7-10-6(9)8(5)3/h4H,1-3H3. The maximum atomic E-state index is 10.9. The van der Waals surface area contributed by atoms with Crippen LogP contribution < -0.4 is 4.87 Å². The summed E-state index contributed by atoms with van der Waals surface area (Å²) in [6.45, 7) is 4.04. The van der Waals surface area contributed by atoms with Crippen LogP contribution in [0.1, 0.15) is 25.6 Å². The summed E-state index contributed by atoms with van der Waals surface area (Å²) in [5.74, 6) is 1.21. The van der Waals surface area contributed by atoms with Gasteiger partial charge in [-0.25, -0.2) is 0 Å². The highest BCUT2D eigenvalue weighted by Crippen LogP contribution is 2.08. The van der Waals surface area contributed by atoms with E-state index in [0.717, 1.165) is 17.4 Å². The fraction of sp³-hybridized carbons (Fsp3) is 0.667. The first-order valence-corrected chi connectivity index (χ1v) is 3.93. The Labute approximate surface area is 63.5 Å². The topological polar surface area (TPSA) is 34.9 Å². The first kappa shape index (κ1) is 7.47. The van der Waals surface area contributed by atoms with Crippen LogP contribution >= 0.6 is 11.5 Å². The molecule has 1 aromatic heterocycles. The zero-order valence-electron chi connectivity index (χ0n) is 6.29. The van der Waals surface area contributed by atoms with Crippen molar-refractivity contribution in [3.05, 3.63) is 15.5 Å². The van der Waals surface area contributed by atoms with E-state index in [9.17, 15) is 4.79 Å². The van der Waals surface area contributed by atoms with Crippen LogP contribution in [0.15, 0.2) is 4.79 Å². The number of hydrogen-bond acceptors (Lipinski definition) is 3. The molecule has 1 heterocycles. The molecule has 4 heteroatoms. The minimum atomic E-state index is 0.0173. The molecule has 1 rings (SSSR count). The van der Waals surface area contributed by atoms with Crippen molar-refractivity contribution in [3.63, 3.8) is 0 Å². The molecule has 0 saturated carbocycles. The van der Waals surface area contributed by atoms with Crippen LogP contribution in [0.4, 0.5) is 0 Å². The number of nitrogens with zero attached hydrogens (tertiary/aromatic N) is 2. The number of hydrogen-bond donors (Lipinski definition) is 0. The smallest absolute Gasteiger partial charge is 0.289 e. The number of rotatable bonds is 1. The lowest BCUT2D eigenvalue weighted by molar-refractivity contribution is 0.700. The van der Waals surface area contributed by atoms with Gasteiger partial charge in [-0.15, -0.1) is 0 Å². The average Bonchev–Trinajstić information content (AvgIpc) is 2.14. The van der Waals surface area contributed by atoms with Gasteiger partial charge >= 0.3 is 4.87 Å². The molecule has 0 aliphatic carbocycles. The van der Waals surface area contributed by atoms with Gasteiger partial charge in [0.25, 0.3) is 0 Å². The third-order valence-electron chi connectivity index (χ3n) is 1.35. The van der Waals surface area contributed by atoms with E-state index in [-0.39, 0.29) is 4.87 Å². The summed E-state index contributed by atoms with van der Waals surface area (Å²) in [7, 11) is 1.75. The first-order valence-electron chi connectivity index (χ1n) is 3.15. The molecular formula is C6H10N2OS. The summed E-state index contributed by atoms with van der Waals surface area (Å²) in [6.07, 6.45) is 0. The van der Waals surface area contributed by atoms with Gasteiger partial charge in [0.15, 0.2) is 0 Å². The van der Waals surface area contributed by atoms with Gasteiger partial charge in [-0.05, 0) is 0 Å². The van der Waals surface area contributed by atoms with Crippen LogP contribution in [0.25, 0.3) is 0 Å². The fourth-order valence-electron chi connectivity index (χ4n) is 0.795. The summed E-state index contributed by atoms with van der Waals surface area (Å²) in [5, 5.41) is 0. The van der Waals surface area contributed by atoms with E-state index in [1.54, 1.807) is 11.6 Å². The Kier molecular flexibility index (Phi) is 1.89. The van der Waals surface area contributed by atoms with Gasteiger partial charge < -0.3 is 0 Å². The predicted molar refractivity (Wildman–Crippen MR) is 41.4 cm³/mol. The van der Waals surface area contributed by atoms with Crippen LogP contribution in [-0.4, -0.2) is 8.94 Å². The van der Waals surface area contributed by atoms with E-state index < -0.39 is 0 Å². The first-order chi connectivity index (χ1) is 4.63. The van der Waals surface area contributed by atoms with Gasteiger partial charge in [-0.3, -0.25) is 9.36 Å². The third-order valence-corrected chi connectivity index (χ3v) is 2.06. The molecular weight excluding hydrogens is 148 g/mol. The van der Waals surface area contributed by atoms with E-state index in [2.05, 4.69) is 4.37 Å². The van der Waals surface area contributed by atoms with Crippen LogP contribution in [0.5, 0.6) is 0 Å². The van der Waals surface area contributed by atoms with Gasteiger partial charge in [0.1, 0.15) is 5.82 Å². The van der Waals surface area contributed by atoms with E-state index in [1.165, 1.54) is 0 Å². The Bertz CT molecular complexity index is 274. The summed E-state index contributed by atoms with van der Waals surface area (Å²) in [5.41, 5.74) is 0. The van der Waals surface area contributed by atoms with Gasteiger partial charge in [-0.1, -0.05) is 13.8 Å². The predicted octanol–water partition coefficient (Wildman–Crippen LogP) is 0.965.